The van der Waals surface area contributed by atoms with Crippen molar-refractivity contribution in [1.29, 1.82) is 0 Å². The number of methoxy groups -OCH3 is 1. The molecule has 0 bridgehead atoms. The fraction of sp³-hybridized carbons (Fsp3) is 0.667. The third kappa shape index (κ3) is 6.69. The van der Waals surface area contributed by atoms with E-state index < -0.39 is 22.0 Å². The maximum Gasteiger partial charge on any atom is 0.324 e. The fourth-order valence-electron chi connectivity index (χ4n) is 1.60. The van der Waals surface area contributed by atoms with Crippen LogP contribution in [0.4, 0.5) is 0 Å². The maximum absolute atomic E-state index is 11.9. The number of H-pyrrole nitrogens is 1. The number of carbonyl (C=O) groups excluding carboxylic acids is 1. The third-order valence-electron chi connectivity index (χ3n) is 2.59. The number of ether oxygens (including phenoxy) is 2. The highest BCUT2D eigenvalue weighted by Gasteiger charge is 2.26. The van der Waals surface area contributed by atoms with E-state index in [9.17, 15) is 13.2 Å². The zero-order valence-corrected chi connectivity index (χ0v) is 13.1. The molecule has 0 unspecified atom stereocenters. The summed E-state index contributed by atoms with van der Waals surface area (Å²) in [5.41, 5.74) is 0.631. The number of sulfonamides is 1. The SMILES string of the molecule is COC(=O)[C@H](Cc1cnc[nH]1)NS(=O)(=O)CCOC(C)C. The van der Waals surface area contributed by atoms with Crippen LogP contribution in [0.5, 0.6) is 0 Å². The Balaban J connectivity index is 2.64. The molecule has 120 valence electrons. The van der Waals surface area contributed by atoms with Crippen molar-refractivity contribution in [2.45, 2.75) is 32.4 Å². The van der Waals surface area contributed by atoms with E-state index >= 15 is 0 Å². The number of nitrogens with one attached hydrogen (secondary N) is 2. The Hall–Kier alpha value is -1.45. The van der Waals surface area contributed by atoms with Crippen LogP contribution in [0.3, 0.4) is 0 Å². The number of esters is 1. The summed E-state index contributed by atoms with van der Waals surface area (Å²) in [7, 11) is -2.44. The average molecular weight is 319 g/mol. The molecular weight excluding hydrogens is 298 g/mol. The molecule has 0 saturated heterocycles. The number of imidazole rings is 1. The van der Waals surface area contributed by atoms with Crippen molar-refractivity contribution < 1.29 is 22.7 Å². The molecule has 0 amide bonds. The van der Waals surface area contributed by atoms with E-state index in [1.54, 1.807) is 0 Å². The molecule has 9 heteroatoms. The number of aromatic amines is 1. The summed E-state index contributed by atoms with van der Waals surface area (Å²) < 4.78 is 36.0. The number of nitrogens with zero attached hydrogens (tertiary/aromatic N) is 1. The zero-order valence-electron chi connectivity index (χ0n) is 12.3. The second-order valence-electron chi connectivity index (χ2n) is 4.71. The monoisotopic (exact) mass is 319 g/mol. The lowest BCUT2D eigenvalue weighted by molar-refractivity contribution is -0.142. The molecule has 1 atom stereocenters. The van der Waals surface area contributed by atoms with Crippen molar-refractivity contribution in [3.63, 3.8) is 0 Å². The predicted octanol–water partition coefficient (Wildman–Crippen LogP) is -0.162. The van der Waals surface area contributed by atoms with E-state index in [0.717, 1.165) is 0 Å². The van der Waals surface area contributed by atoms with Gasteiger partial charge in [-0.25, -0.2) is 18.1 Å². The quantitative estimate of drug-likeness (QED) is 0.612. The van der Waals surface area contributed by atoms with Gasteiger partial charge in [0.05, 0.1) is 31.9 Å². The van der Waals surface area contributed by atoms with Gasteiger partial charge in [-0.15, -0.1) is 0 Å². The van der Waals surface area contributed by atoms with Crippen LogP contribution in [-0.2, 0) is 30.7 Å². The Labute approximate surface area is 124 Å². The lowest BCUT2D eigenvalue weighted by atomic mass is 10.2. The summed E-state index contributed by atoms with van der Waals surface area (Å²) >= 11 is 0. The molecule has 8 nitrogen and oxygen atoms in total. The van der Waals surface area contributed by atoms with Crippen LogP contribution in [0.15, 0.2) is 12.5 Å². The first-order valence-electron chi connectivity index (χ1n) is 6.50. The summed E-state index contributed by atoms with van der Waals surface area (Å²) in [6, 6.07) is -1.00. The van der Waals surface area contributed by atoms with E-state index in [-0.39, 0.29) is 24.9 Å². The number of hydrogen-bond acceptors (Lipinski definition) is 6. The van der Waals surface area contributed by atoms with Crippen LogP contribution in [0.1, 0.15) is 19.5 Å². The zero-order chi connectivity index (χ0) is 15.9. The van der Waals surface area contributed by atoms with Gasteiger partial charge in [0.1, 0.15) is 6.04 Å². The lowest BCUT2D eigenvalue weighted by Gasteiger charge is -2.16. The van der Waals surface area contributed by atoms with Crippen molar-refractivity contribution in [2.24, 2.45) is 0 Å². The van der Waals surface area contributed by atoms with Gasteiger partial charge in [-0.05, 0) is 13.8 Å². The second-order valence-corrected chi connectivity index (χ2v) is 6.59. The Morgan fingerprint density at radius 2 is 2.19 bits per heavy atom. The first-order chi connectivity index (χ1) is 9.84. The van der Waals surface area contributed by atoms with Crippen molar-refractivity contribution >= 4 is 16.0 Å². The van der Waals surface area contributed by atoms with Gasteiger partial charge >= 0.3 is 5.97 Å². The molecule has 0 aromatic carbocycles. The van der Waals surface area contributed by atoms with Crippen LogP contribution in [0.25, 0.3) is 0 Å². The molecule has 0 radical (unpaired) electrons. The second kappa shape index (κ2) is 8.11. The minimum atomic E-state index is -3.64. The molecule has 1 aromatic heterocycles. The van der Waals surface area contributed by atoms with Gasteiger partial charge in [0.2, 0.25) is 10.0 Å². The molecule has 1 rings (SSSR count). The standard InChI is InChI=1S/C12H21N3O5S/c1-9(2)20-4-5-21(17,18)15-11(12(16)19-3)6-10-7-13-8-14-10/h7-9,11,15H,4-6H2,1-3H3,(H,13,14)/t11-/m0/s1. The highest BCUT2D eigenvalue weighted by Crippen LogP contribution is 2.03. The van der Waals surface area contributed by atoms with Crippen LogP contribution in [-0.4, -0.2) is 56.0 Å². The maximum atomic E-state index is 11.9. The van der Waals surface area contributed by atoms with Crippen molar-refractivity contribution in [3.05, 3.63) is 18.2 Å². The number of aromatic nitrogens is 2. The van der Waals surface area contributed by atoms with Gasteiger partial charge in [-0.3, -0.25) is 4.79 Å². The molecule has 21 heavy (non-hydrogen) atoms. The first kappa shape index (κ1) is 17.6. The highest BCUT2D eigenvalue weighted by atomic mass is 32.2. The molecule has 0 aliphatic rings. The summed E-state index contributed by atoms with van der Waals surface area (Å²) in [6.45, 7) is 3.69. The lowest BCUT2D eigenvalue weighted by Crippen LogP contribution is -2.44. The van der Waals surface area contributed by atoms with E-state index in [4.69, 9.17) is 4.74 Å². The van der Waals surface area contributed by atoms with Gasteiger partial charge < -0.3 is 14.5 Å². The number of hydrogen-bond donors (Lipinski definition) is 2. The normalized spacial score (nSPS) is 13.3. The minimum Gasteiger partial charge on any atom is -0.468 e. The van der Waals surface area contributed by atoms with E-state index in [2.05, 4.69) is 19.4 Å². The van der Waals surface area contributed by atoms with Crippen LogP contribution in [0, 0.1) is 0 Å². The molecule has 0 saturated carbocycles. The summed E-state index contributed by atoms with van der Waals surface area (Å²) in [6.07, 6.45) is 3.05. The van der Waals surface area contributed by atoms with Gasteiger partial charge in [0.15, 0.2) is 0 Å². The van der Waals surface area contributed by atoms with Crippen LogP contribution in [0.2, 0.25) is 0 Å². The Morgan fingerprint density at radius 3 is 2.71 bits per heavy atom. The Bertz CT molecular complexity index is 527. The molecular formula is C12H21N3O5S. The predicted molar refractivity (Wildman–Crippen MR) is 76.1 cm³/mol. The van der Waals surface area contributed by atoms with Gasteiger partial charge in [0, 0.05) is 18.3 Å². The average Bonchev–Trinajstić information content (AvgIpc) is 2.89. The van der Waals surface area contributed by atoms with Crippen molar-refractivity contribution in [1.82, 2.24) is 14.7 Å². The van der Waals surface area contributed by atoms with E-state index in [1.165, 1.54) is 19.6 Å². The topological polar surface area (TPSA) is 110 Å². The first-order valence-corrected chi connectivity index (χ1v) is 8.16. The van der Waals surface area contributed by atoms with E-state index in [0.29, 0.717) is 5.69 Å². The fourth-order valence-corrected chi connectivity index (χ4v) is 2.65. The third-order valence-corrected chi connectivity index (χ3v) is 3.94. The largest absolute Gasteiger partial charge is 0.468 e. The highest BCUT2D eigenvalue weighted by molar-refractivity contribution is 7.89. The van der Waals surface area contributed by atoms with Crippen molar-refractivity contribution in [2.75, 3.05) is 19.5 Å². The number of carbonyl (C=O) groups is 1. The Kier molecular flexibility index (Phi) is 6.79. The molecule has 0 spiro atoms. The van der Waals surface area contributed by atoms with Crippen molar-refractivity contribution in [3.8, 4) is 0 Å². The van der Waals surface area contributed by atoms with Crippen LogP contribution >= 0.6 is 0 Å². The van der Waals surface area contributed by atoms with Crippen LogP contribution < -0.4 is 4.72 Å². The molecule has 2 N–H and O–H groups in total. The van der Waals surface area contributed by atoms with Gasteiger partial charge in [0.25, 0.3) is 0 Å². The summed E-state index contributed by atoms with van der Waals surface area (Å²) in [5, 5.41) is 0. The smallest absolute Gasteiger partial charge is 0.324 e. The van der Waals surface area contributed by atoms with Gasteiger partial charge in [-0.2, -0.15) is 0 Å². The molecule has 1 aromatic rings. The van der Waals surface area contributed by atoms with E-state index in [1.807, 2.05) is 13.8 Å². The summed E-state index contributed by atoms with van der Waals surface area (Å²) in [4.78, 5) is 18.3. The molecule has 1 heterocycles. The Morgan fingerprint density at radius 1 is 1.48 bits per heavy atom. The molecule has 0 aliphatic heterocycles. The van der Waals surface area contributed by atoms with Gasteiger partial charge in [-0.1, -0.05) is 0 Å². The molecule has 0 aliphatic carbocycles. The summed E-state index contributed by atoms with van der Waals surface area (Å²) in [5.74, 6) is -0.875. The number of rotatable bonds is 9. The minimum absolute atomic E-state index is 0.0541. The molecule has 0 fully saturated rings.